The highest BCUT2D eigenvalue weighted by molar-refractivity contribution is 5.98. The Morgan fingerprint density at radius 1 is 1.07 bits per heavy atom. The minimum absolute atomic E-state index is 0.0116. The van der Waals surface area contributed by atoms with Crippen LogP contribution in [0.4, 0.5) is 5.69 Å². The maximum absolute atomic E-state index is 14.5. The van der Waals surface area contributed by atoms with Crippen molar-refractivity contribution in [3.8, 4) is 46.3 Å². The molecule has 3 aromatic rings. The van der Waals surface area contributed by atoms with Gasteiger partial charge in [0.05, 0.1) is 30.6 Å². The number of carbonyl (C=O) groups excluding carboxylic acids is 1. The fraction of sp³-hybridized carbons (Fsp3) is 0.566. The number of aliphatic imine (C=N–C) groups is 1. The largest absolute Gasteiger partial charge is 0.504 e. The Morgan fingerprint density at radius 3 is 2.57 bits per heavy atom. The van der Waals surface area contributed by atoms with Gasteiger partial charge in [-0.05, 0) is 68.4 Å². The number of phenols is 2. The number of nitrogens with one attached hydrogen (secondary N) is 2. The van der Waals surface area contributed by atoms with E-state index in [0.717, 1.165) is 17.5 Å². The van der Waals surface area contributed by atoms with Crippen LogP contribution in [0.2, 0.25) is 0 Å². The van der Waals surface area contributed by atoms with Gasteiger partial charge in [0.1, 0.15) is 23.4 Å². The lowest BCUT2D eigenvalue weighted by atomic mass is 9.68. The van der Waals surface area contributed by atoms with E-state index < -0.39 is 108 Å². The molecule has 0 aromatic heterocycles. The van der Waals surface area contributed by atoms with Gasteiger partial charge in [-0.25, -0.2) is 14.6 Å². The number of aliphatic hydroxyl groups is 6. The topological polar surface area (TPSA) is 334 Å². The second-order valence-electron chi connectivity index (χ2n) is 20.2. The Hall–Kier alpha value is -6.25. The molecular formula is C53H68N4O17. The summed E-state index contributed by atoms with van der Waals surface area (Å²) in [4.78, 5) is 31.9. The Balaban J connectivity index is 1.24. The number of anilines is 1. The fourth-order valence-electron chi connectivity index (χ4n) is 10.9. The number of carboxylic acid groups (broad SMARTS) is 1. The molecule has 5 aliphatic rings. The van der Waals surface area contributed by atoms with Crippen LogP contribution in [-0.2, 0) is 28.7 Å². The summed E-state index contributed by atoms with van der Waals surface area (Å²) in [5, 5.41) is 112. The van der Waals surface area contributed by atoms with Crippen molar-refractivity contribution in [1.29, 1.82) is 0 Å². The van der Waals surface area contributed by atoms with Crippen molar-refractivity contribution in [2.75, 3.05) is 38.4 Å². The lowest BCUT2D eigenvalue weighted by Gasteiger charge is -2.55. The number of esters is 1. The van der Waals surface area contributed by atoms with Gasteiger partial charge in [-0.1, -0.05) is 56.9 Å². The van der Waals surface area contributed by atoms with E-state index in [9.17, 15) is 55.5 Å². The van der Waals surface area contributed by atoms with Gasteiger partial charge < -0.3 is 90.7 Å². The van der Waals surface area contributed by atoms with E-state index in [2.05, 4.69) is 27.5 Å². The van der Waals surface area contributed by atoms with Crippen LogP contribution in [0.3, 0.4) is 0 Å². The number of aryl methyl sites for hydroxylation is 1. The summed E-state index contributed by atoms with van der Waals surface area (Å²) in [6.07, 6.45) is -9.46. The van der Waals surface area contributed by atoms with E-state index in [0.29, 0.717) is 32.2 Å². The van der Waals surface area contributed by atoms with E-state index in [-0.39, 0.29) is 96.1 Å². The zero-order valence-corrected chi connectivity index (χ0v) is 41.9. The smallest absolute Gasteiger partial charge is 0.344 e. The molecule has 8 rings (SSSR count). The summed E-state index contributed by atoms with van der Waals surface area (Å²) in [5.41, 5.74) is 1.85. The number of fused-ring (bicyclic) bond motifs is 3. The molecule has 0 unspecified atom stereocenters. The molecule has 1 spiro atoms. The van der Waals surface area contributed by atoms with Crippen molar-refractivity contribution >= 4 is 23.6 Å². The first-order valence-corrected chi connectivity index (χ1v) is 25.2. The van der Waals surface area contributed by atoms with Gasteiger partial charge in [0, 0.05) is 67.5 Å². The van der Waals surface area contributed by atoms with Crippen LogP contribution in [0.15, 0.2) is 35.3 Å². The number of hydrogen-bond acceptors (Lipinski definition) is 18. The number of ether oxygens (including phenoxy) is 6. The van der Waals surface area contributed by atoms with Crippen molar-refractivity contribution < 1.29 is 84.0 Å². The molecule has 5 aliphatic heterocycles. The summed E-state index contributed by atoms with van der Waals surface area (Å²) in [6, 6.07) is 8.58. The number of carboxylic acids is 1. The lowest BCUT2D eigenvalue weighted by molar-refractivity contribution is -0.382. The monoisotopic (exact) mass is 1030 g/mol. The van der Waals surface area contributed by atoms with Crippen LogP contribution >= 0.6 is 0 Å². The van der Waals surface area contributed by atoms with Crippen LogP contribution in [0.5, 0.6) is 34.5 Å². The third kappa shape index (κ3) is 10.4. The average molecular weight is 1030 g/mol. The first-order valence-electron chi connectivity index (χ1n) is 25.2. The molecule has 0 aliphatic carbocycles. The van der Waals surface area contributed by atoms with Crippen LogP contribution in [0.1, 0.15) is 115 Å². The SMILES string of the molecule is CCc1cccc(CCOc2c(O)c3c4c(c2O)C(=O)O[C@@H](O)[C@@]2(C[C@@H]4[C@H](O)CCO3)O[C@H]3Oc4c(OCN=C(N)NCCCCO)cc(C(=O)O)c5c4C[C@H](C#CC[C@@](O)([C@H]3O)[C@@H]2O)[C@H](CC(C)C)[C@H](C)N5)c1. The van der Waals surface area contributed by atoms with Crippen molar-refractivity contribution in [2.45, 2.75) is 140 Å². The third-order valence-electron chi connectivity index (χ3n) is 14.9. The molecule has 11 atom stereocenters. The molecule has 3 aromatic carbocycles. The average Bonchev–Trinajstić information content (AvgIpc) is 3.60. The summed E-state index contributed by atoms with van der Waals surface area (Å²) in [6.45, 7) is 7.56. The summed E-state index contributed by atoms with van der Waals surface area (Å²) < 4.78 is 36.9. The molecule has 0 saturated carbocycles. The highest BCUT2D eigenvalue weighted by atomic mass is 16.7. The number of carbonyl (C=O) groups is 2. The number of aromatic hydroxyl groups is 2. The number of unbranched alkanes of at least 4 members (excludes halogenated alkanes) is 1. The predicted molar refractivity (Wildman–Crippen MR) is 265 cm³/mol. The van der Waals surface area contributed by atoms with E-state index in [1.165, 1.54) is 6.07 Å². The van der Waals surface area contributed by atoms with Gasteiger partial charge in [0.25, 0.3) is 0 Å². The molecule has 1 fully saturated rings. The maximum atomic E-state index is 14.5. The van der Waals surface area contributed by atoms with Crippen molar-refractivity contribution in [3.05, 3.63) is 63.7 Å². The number of cyclic esters (lactones) is 1. The van der Waals surface area contributed by atoms with Gasteiger partial charge in [0.2, 0.25) is 24.1 Å². The summed E-state index contributed by atoms with van der Waals surface area (Å²) in [5.74, 6) is -1.56. The first-order chi connectivity index (χ1) is 35.3. The number of guanidine groups is 1. The minimum atomic E-state index is -2.78. The van der Waals surface area contributed by atoms with Crippen molar-refractivity contribution in [2.24, 2.45) is 28.5 Å². The van der Waals surface area contributed by atoms with E-state index in [4.69, 9.17) is 34.2 Å². The van der Waals surface area contributed by atoms with E-state index >= 15 is 0 Å². The Kier molecular flexibility index (Phi) is 16.3. The molecule has 21 heteroatoms. The molecule has 74 heavy (non-hydrogen) atoms. The quantitative estimate of drug-likeness (QED) is 0.0342. The zero-order valence-electron chi connectivity index (χ0n) is 41.9. The molecule has 21 nitrogen and oxygen atoms in total. The van der Waals surface area contributed by atoms with Crippen LogP contribution in [0.25, 0.3) is 0 Å². The Morgan fingerprint density at radius 2 is 1.84 bits per heavy atom. The highest BCUT2D eigenvalue weighted by Gasteiger charge is 2.68. The van der Waals surface area contributed by atoms with Gasteiger partial charge in [-0.15, -0.1) is 0 Å². The second-order valence-corrected chi connectivity index (χ2v) is 20.2. The molecule has 1 saturated heterocycles. The van der Waals surface area contributed by atoms with Crippen molar-refractivity contribution in [1.82, 2.24) is 5.32 Å². The number of nitrogens with zero attached hydrogens (tertiary/aromatic N) is 1. The number of nitrogens with two attached hydrogens (primary N) is 1. The number of hydrogen-bond donors (Lipinski definition) is 12. The van der Waals surface area contributed by atoms with Crippen LogP contribution in [-0.4, -0.2) is 145 Å². The highest BCUT2D eigenvalue weighted by Crippen LogP contribution is 2.58. The lowest BCUT2D eigenvalue weighted by Crippen LogP contribution is -2.76. The van der Waals surface area contributed by atoms with Crippen LogP contribution in [0, 0.1) is 29.6 Å². The number of aliphatic hydroxyl groups excluding tert-OH is 5. The number of rotatable bonds is 15. The van der Waals surface area contributed by atoms with Gasteiger partial charge in [-0.3, -0.25) is 0 Å². The Bertz CT molecular complexity index is 2670. The Labute approximate surface area is 428 Å². The van der Waals surface area contributed by atoms with Crippen molar-refractivity contribution in [3.63, 3.8) is 0 Å². The van der Waals surface area contributed by atoms with Gasteiger partial charge in [-0.2, -0.15) is 0 Å². The standard InChI is InChI=1S/C53H68N4O17/c1-5-28-10-8-11-29(21-28)13-18-70-44-40(60)38-37-34(35(59)14-19-69-43(37)41(44)61)24-53(50(67)73-47(38)65)49(66)52(68)15-9-12-30-22-32-39(57-27(4)31(30)20-26(2)3)33(46(63)64)23-36(42(32)72-48(74-53)45(52)62)71-25-56-51(54)55-16-6-7-17-58/h8,10-11,21,23,26-27,30-31,34-35,45,48-50,57-62,66-68H,5-7,13-20,22,24-25H2,1-4H3,(H,63,64)(H3,54,55,56)/t27-,30-,31+,34+,35+,45-,48+,49-,50+,52+,53-/m0/s1. The number of benzene rings is 3. The maximum Gasteiger partial charge on any atom is 0.344 e. The molecule has 0 radical (unpaired) electrons. The molecule has 13 N–H and O–H groups in total. The second kappa shape index (κ2) is 22.3. The number of aromatic carboxylic acids is 1. The van der Waals surface area contributed by atoms with E-state index in [1.54, 1.807) is 0 Å². The predicted octanol–water partition coefficient (Wildman–Crippen LogP) is 2.77. The van der Waals surface area contributed by atoms with E-state index in [1.807, 2.05) is 52.0 Å². The van der Waals surface area contributed by atoms with Crippen LogP contribution < -0.4 is 35.3 Å². The normalized spacial score (nSPS) is 29.2. The molecule has 5 heterocycles. The number of phenolic OH excluding ortho intramolecular Hbond substituents is 2. The molecular weight excluding hydrogens is 965 g/mol. The molecule has 0 amide bonds. The summed E-state index contributed by atoms with van der Waals surface area (Å²) in [7, 11) is 0. The summed E-state index contributed by atoms with van der Waals surface area (Å²) >= 11 is 0. The first kappa shape index (κ1) is 54.0. The molecule has 402 valence electrons. The molecule has 4 bridgehead atoms. The third-order valence-corrected chi connectivity index (χ3v) is 14.9. The van der Waals surface area contributed by atoms with Gasteiger partial charge in [0.15, 0.2) is 41.3 Å². The fourth-order valence-corrected chi connectivity index (χ4v) is 10.9. The minimum Gasteiger partial charge on any atom is -0.504 e. The zero-order chi connectivity index (χ0) is 53.2. The van der Waals surface area contributed by atoms with Gasteiger partial charge >= 0.3 is 11.9 Å².